The standard InChI is InChI=1S/C20H26O4S6/c1-3-17(21)23-9-15-11-27-19(29-15)13-25-7-5-6-8-26-14-20-28-12-16(30-20)10-24-18(22)4-2/h3-4,11-12,19-20H,1-2,5-10,13-14H2. The lowest BCUT2D eigenvalue weighted by Gasteiger charge is -2.10. The second kappa shape index (κ2) is 15.7. The number of esters is 2. The molecule has 0 aromatic heterocycles. The summed E-state index contributed by atoms with van der Waals surface area (Å²) in [5.74, 6) is 3.86. The van der Waals surface area contributed by atoms with Crippen molar-refractivity contribution in [3.8, 4) is 0 Å². The Kier molecular flexibility index (Phi) is 13.8. The zero-order valence-electron chi connectivity index (χ0n) is 16.6. The predicted molar refractivity (Wildman–Crippen MR) is 140 cm³/mol. The number of rotatable bonds is 15. The van der Waals surface area contributed by atoms with Gasteiger partial charge in [-0.05, 0) is 35.2 Å². The summed E-state index contributed by atoms with van der Waals surface area (Å²) in [4.78, 5) is 24.5. The van der Waals surface area contributed by atoms with Gasteiger partial charge >= 0.3 is 11.9 Å². The van der Waals surface area contributed by atoms with Gasteiger partial charge in [0.2, 0.25) is 0 Å². The van der Waals surface area contributed by atoms with E-state index in [1.807, 2.05) is 47.0 Å². The molecule has 2 aliphatic heterocycles. The van der Waals surface area contributed by atoms with Gasteiger partial charge in [0.05, 0.1) is 9.16 Å². The Morgan fingerprint density at radius 1 is 0.867 bits per heavy atom. The highest BCUT2D eigenvalue weighted by Gasteiger charge is 2.20. The van der Waals surface area contributed by atoms with Crippen molar-refractivity contribution in [2.45, 2.75) is 22.0 Å². The van der Waals surface area contributed by atoms with Crippen LogP contribution >= 0.6 is 70.6 Å². The highest BCUT2D eigenvalue weighted by molar-refractivity contribution is 8.24. The van der Waals surface area contributed by atoms with Gasteiger partial charge in [0.15, 0.2) is 0 Å². The Morgan fingerprint density at radius 3 is 1.70 bits per heavy atom. The Labute approximate surface area is 204 Å². The van der Waals surface area contributed by atoms with Gasteiger partial charge in [-0.25, -0.2) is 9.59 Å². The maximum Gasteiger partial charge on any atom is 0.330 e. The Morgan fingerprint density at radius 2 is 1.30 bits per heavy atom. The van der Waals surface area contributed by atoms with Crippen LogP contribution in [-0.4, -0.2) is 57.3 Å². The minimum atomic E-state index is -0.368. The maximum atomic E-state index is 11.1. The molecule has 0 radical (unpaired) electrons. The molecular formula is C20H26O4S6. The molecule has 4 nitrogen and oxygen atoms in total. The van der Waals surface area contributed by atoms with Gasteiger partial charge in [-0.1, -0.05) is 13.2 Å². The van der Waals surface area contributed by atoms with E-state index in [-0.39, 0.29) is 11.9 Å². The van der Waals surface area contributed by atoms with E-state index in [2.05, 4.69) is 24.0 Å². The molecule has 0 N–H and O–H groups in total. The van der Waals surface area contributed by atoms with Crippen LogP contribution in [0.3, 0.4) is 0 Å². The van der Waals surface area contributed by atoms with Crippen molar-refractivity contribution in [3.05, 3.63) is 45.9 Å². The van der Waals surface area contributed by atoms with Crippen molar-refractivity contribution < 1.29 is 19.1 Å². The lowest BCUT2D eigenvalue weighted by Crippen LogP contribution is -2.03. The van der Waals surface area contributed by atoms with Gasteiger partial charge in [0.1, 0.15) is 13.2 Å². The van der Waals surface area contributed by atoms with E-state index in [1.54, 1.807) is 23.5 Å². The summed E-state index contributed by atoms with van der Waals surface area (Å²) >= 11 is 11.2. The van der Waals surface area contributed by atoms with E-state index in [0.717, 1.165) is 21.3 Å². The number of thioether (sulfide) groups is 6. The number of hydrogen-bond acceptors (Lipinski definition) is 10. The molecule has 2 unspecified atom stereocenters. The van der Waals surface area contributed by atoms with Crippen LogP contribution in [0.1, 0.15) is 12.8 Å². The van der Waals surface area contributed by atoms with Gasteiger partial charge in [0, 0.05) is 33.5 Å². The third-order valence-corrected chi connectivity index (χ3v) is 12.0. The van der Waals surface area contributed by atoms with E-state index in [1.165, 1.54) is 36.5 Å². The molecule has 0 aromatic rings. The molecule has 0 spiro atoms. The largest absolute Gasteiger partial charge is 0.457 e. The van der Waals surface area contributed by atoms with Gasteiger partial charge in [-0.2, -0.15) is 23.5 Å². The summed E-state index contributed by atoms with van der Waals surface area (Å²) < 4.78 is 11.2. The first-order chi connectivity index (χ1) is 14.6. The quantitative estimate of drug-likeness (QED) is 0.146. The van der Waals surface area contributed by atoms with Crippen LogP contribution in [0.15, 0.2) is 45.9 Å². The predicted octanol–water partition coefficient (Wildman–Crippen LogP) is 5.99. The van der Waals surface area contributed by atoms with E-state index < -0.39 is 0 Å². The number of hydrogen-bond donors (Lipinski definition) is 0. The fourth-order valence-electron chi connectivity index (χ4n) is 2.20. The average Bonchev–Trinajstić information content (AvgIpc) is 3.41. The van der Waals surface area contributed by atoms with Gasteiger partial charge in [-0.15, -0.1) is 47.0 Å². The summed E-state index contributed by atoms with van der Waals surface area (Å²) in [6.45, 7) is 7.52. The second-order valence-corrected chi connectivity index (χ2v) is 13.7. The van der Waals surface area contributed by atoms with Crippen LogP contribution in [0.2, 0.25) is 0 Å². The fraction of sp³-hybridized carbons (Fsp3) is 0.500. The van der Waals surface area contributed by atoms with Crippen LogP contribution in [0, 0.1) is 0 Å². The topological polar surface area (TPSA) is 52.6 Å². The molecule has 0 aliphatic carbocycles. The van der Waals surface area contributed by atoms with Crippen molar-refractivity contribution in [3.63, 3.8) is 0 Å². The summed E-state index contributed by atoms with van der Waals surface area (Å²) in [5, 5.41) is 4.21. The Bertz CT molecular complexity index is 608. The molecule has 0 fully saturated rings. The molecule has 0 saturated carbocycles. The lowest BCUT2D eigenvalue weighted by atomic mass is 10.4. The molecule has 2 aliphatic rings. The van der Waals surface area contributed by atoms with Crippen LogP contribution in [0.25, 0.3) is 0 Å². The zero-order chi connectivity index (χ0) is 21.6. The van der Waals surface area contributed by atoms with Gasteiger partial charge in [-0.3, -0.25) is 0 Å². The molecule has 166 valence electrons. The van der Waals surface area contributed by atoms with E-state index in [0.29, 0.717) is 22.4 Å². The monoisotopic (exact) mass is 522 g/mol. The fourth-order valence-corrected chi connectivity index (χ4v) is 10.0. The van der Waals surface area contributed by atoms with Crippen molar-refractivity contribution in [2.75, 3.05) is 36.2 Å². The summed E-state index contributed by atoms with van der Waals surface area (Å²) in [7, 11) is 0. The molecular weight excluding hydrogens is 497 g/mol. The van der Waals surface area contributed by atoms with Crippen LogP contribution in [0.5, 0.6) is 0 Å². The first-order valence-electron chi connectivity index (χ1n) is 9.37. The number of carbonyl (C=O) groups excluding carboxylic acids is 2. The highest BCUT2D eigenvalue weighted by atomic mass is 32.2. The molecule has 30 heavy (non-hydrogen) atoms. The normalized spacial score (nSPS) is 20.4. The van der Waals surface area contributed by atoms with Crippen molar-refractivity contribution in [1.29, 1.82) is 0 Å². The maximum absolute atomic E-state index is 11.1. The van der Waals surface area contributed by atoms with Crippen LogP contribution < -0.4 is 0 Å². The smallest absolute Gasteiger partial charge is 0.330 e. The minimum Gasteiger partial charge on any atom is -0.457 e. The summed E-state index contributed by atoms with van der Waals surface area (Å²) in [5.41, 5.74) is 0. The Balaban J connectivity index is 1.38. The molecule has 0 saturated heterocycles. The summed E-state index contributed by atoms with van der Waals surface area (Å²) in [6, 6.07) is 0. The van der Waals surface area contributed by atoms with Gasteiger partial charge in [0.25, 0.3) is 0 Å². The molecule has 0 aromatic carbocycles. The zero-order valence-corrected chi connectivity index (χ0v) is 21.5. The molecule has 10 heteroatoms. The SMILES string of the molecule is C=CC(=O)OCC1=CSC(CSCCCCSCC2SC=C(COC(=O)C=C)S2)S1. The first-order valence-corrected chi connectivity index (χ1v) is 15.3. The number of unbranched alkanes of at least 4 members (excludes halogenated alkanes) is 1. The third kappa shape index (κ3) is 11.0. The molecule has 2 heterocycles. The lowest BCUT2D eigenvalue weighted by molar-refractivity contribution is -0.137. The van der Waals surface area contributed by atoms with Crippen molar-refractivity contribution in [1.82, 2.24) is 0 Å². The highest BCUT2D eigenvalue weighted by Crippen LogP contribution is 2.42. The van der Waals surface area contributed by atoms with E-state index >= 15 is 0 Å². The van der Waals surface area contributed by atoms with E-state index in [4.69, 9.17) is 9.47 Å². The first kappa shape index (κ1) is 26.3. The summed E-state index contributed by atoms with van der Waals surface area (Å²) in [6.07, 6.45) is 4.87. The van der Waals surface area contributed by atoms with Crippen LogP contribution in [0.4, 0.5) is 0 Å². The van der Waals surface area contributed by atoms with Crippen molar-refractivity contribution >= 4 is 82.5 Å². The minimum absolute atomic E-state index is 0.357. The van der Waals surface area contributed by atoms with E-state index in [9.17, 15) is 9.59 Å². The number of carbonyl (C=O) groups is 2. The van der Waals surface area contributed by atoms with Crippen LogP contribution in [-0.2, 0) is 19.1 Å². The van der Waals surface area contributed by atoms with Crippen molar-refractivity contribution in [2.24, 2.45) is 0 Å². The molecule has 0 amide bonds. The molecule has 0 bridgehead atoms. The molecule has 2 atom stereocenters. The Hall–Kier alpha value is -0.000000000000000222. The average molecular weight is 523 g/mol. The third-order valence-electron chi connectivity index (χ3n) is 3.65. The van der Waals surface area contributed by atoms with Gasteiger partial charge < -0.3 is 9.47 Å². The molecule has 2 rings (SSSR count). The second-order valence-electron chi connectivity index (χ2n) is 6.02. The number of ether oxygens (including phenoxy) is 2.